The molecule has 1 aliphatic rings. The van der Waals surface area contributed by atoms with Gasteiger partial charge in [-0.25, -0.2) is 4.79 Å². The second-order valence-corrected chi connectivity index (χ2v) is 4.70. The van der Waals surface area contributed by atoms with Gasteiger partial charge in [-0.2, -0.15) is 0 Å². The van der Waals surface area contributed by atoms with Crippen LogP contribution in [0.4, 0.5) is 4.79 Å². The summed E-state index contributed by atoms with van der Waals surface area (Å²) < 4.78 is 0. The van der Waals surface area contributed by atoms with E-state index in [-0.39, 0.29) is 5.78 Å². The van der Waals surface area contributed by atoms with E-state index >= 15 is 0 Å². The summed E-state index contributed by atoms with van der Waals surface area (Å²) in [5.41, 5.74) is 0. The number of carbonyl (C=O) groups is 2. The van der Waals surface area contributed by atoms with Crippen LogP contribution in [-0.4, -0.2) is 35.5 Å². The molecule has 0 radical (unpaired) electrons. The van der Waals surface area contributed by atoms with Gasteiger partial charge in [-0.1, -0.05) is 32.1 Å². The highest BCUT2D eigenvalue weighted by Crippen LogP contribution is 2.26. The van der Waals surface area contributed by atoms with Crippen molar-refractivity contribution in [2.45, 2.75) is 44.9 Å². The van der Waals surface area contributed by atoms with Crippen LogP contribution in [0.5, 0.6) is 0 Å². The van der Waals surface area contributed by atoms with Gasteiger partial charge in [0.15, 0.2) is 0 Å². The summed E-state index contributed by atoms with van der Waals surface area (Å²) in [6.45, 7) is 0.320. The lowest BCUT2D eigenvalue weighted by atomic mass is 9.85. The van der Waals surface area contributed by atoms with Crippen LogP contribution in [0.25, 0.3) is 0 Å². The summed E-state index contributed by atoms with van der Waals surface area (Å²) in [4.78, 5) is 23.3. The first-order valence-electron chi connectivity index (χ1n) is 6.05. The molecule has 4 heteroatoms. The molecule has 0 aromatic heterocycles. The average molecular weight is 227 g/mol. The highest BCUT2D eigenvalue weighted by molar-refractivity contribution is 5.79. The van der Waals surface area contributed by atoms with Gasteiger partial charge in [0.05, 0.1) is 0 Å². The summed E-state index contributed by atoms with van der Waals surface area (Å²) in [7, 11) is 1.50. The number of rotatable bonds is 5. The number of carboxylic acid groups (broad SMARTS) is 1. The number of nitrogens with zero attached hydrogens (tertiary/aromatic N) is 1. The molecule has 0 bridgehead atoms. The van der Waals surface area contributed by atoms with Crippen LogP contribution in [0.15, 0.2) is 0 Å². The molecule has 0 unspecified atom stereocenters. The maximum absolute atomic E-state index is 11.6. The Bertz CT molecular complexity index is 247. The van der Waals surface area contributed by atoms with E-state index in [0.29, 0.717) is 25.3 Å². The summed E-state index contributed by atoms with van der Waals surface area (Å²) in [5, 5.41) is 8.63. The van der Waals surface area contributed by atoms with Crippen molar-refractivity contribution in [1.29, 1.82) is 0 Å². The lowest BCUT2D eigenvalue weighted by molar-refractivity contribution is -0.120. The smallest absolute Gasteiger partial charge is 0.407 e. The van der Waals surface area contributed by atoms with Gasteiger partial charge in [-0.3, -0.25) is 4.79 Å². The first-order valence-corrected chi connectivity index (χ1v) is 6.05. The second kappa shape index (κ2) is 6.51. The molecule has 1 fully saturated rings. The van der Waals surface area contributed by atoms with Crippen LogP contribution < -0.4 is 0 Å². The largest absolute Gasteiger partial charge is 0.465 e. The maximum Gasteiger partial charge on any atom is 0.407 e. The number of carbonyl (C=O) groups excluding carboxylic acids is 1. The van der Waals surface area contributed by atoms with Crippen LogP contribution in [0.1, 0.15) is 44.9 Å². The molecule has 0 saturated heterocycles. The predicted octanol–water partition coefficient (Wildman–Crippen LogP) is 2.53. The van der Waals surface area contributed by atoms with Crippen molar-refractivity contribution in [3.05, 3.63) is 0 Å². The fraction of sp³-hybridized carbons (Fsp3) is 0.833. The Balaban J connectivity index is 2.17. The van der Waals surface area contributed by atoms with E-state index in [2.05, 4.69) is 0 Å². The normalized spacial score (nSPS) is 17.1. The van der Waals surface area contributed by atoms with E-state index in [1.54, 1.807) is 0 Å². The van der Waals surface area contributed by atoms with E-state index in [0.717, 1.165) is 0 Å². The monoisotopic (exact) mass is 227 g/mol. The number of ketones is 1. The zero-order valence-corrected chi connectivity index (χ0v) is 9.95. The third-order valence-corrected chi connectivity index (χ3v) is 3.29. The molecule has 0 spiro atoms. The molecule has 1 amide bonds. The van der Waals surface area contributed by atoms with Gasteiger partial charge >= 0.3 is 6.09 Å². The Morgan fingerprint density at radius 1 is 1.25 bits per heavy atom. The average Bonchev–Trinajstić information content (AvgIpc) is 2.27. The molecule has 1 rings (SSSR count). The van der Waals surface area contributed by atoms with Gasteiger partial charge in [0.2, 0.25) is 0 Å². The van der Waals surface area contributed by atoms with Crippen molar-refractivity contribution in [2.75, 3.05) is 13.6 Å². The van der Waals surface area contributed by atoms with Gasteiger partial charge < -0.3 is 10.0 Å². The Morgan fingerprint density at radius 2 is 1.88 bits per heavy atom. The zero-order chi connectivity index (χ0) is 12.0. The van der Waals surface area contributed by atoms with Crippen molar-refractivity contribution >= 4 is 11.9 Å². The van der Waals surface area contributed by atoms with E-state index in [4.69, 9.17) is 5.11 Å². The van der Waals surface area contributed by atoms with Crippen molar-refractivity contribution in [3.63, 3.8) is 0 Å². The summed E-state index contributed by atoms with van der Waals surface area (Å²) in [5.74, 6) is 0.761. The summed E-state index contributed by atoms with van der Waals surface area (Å²) >= 11 is 0. The van der Waals surface area contributed by atoms with Crippen molar-refractivity contribution in [3.8, 4) is 0 Å². The Morgan fingerprint density at radius 3 is 2.44 bits per heavy atom. The molecule has 92 valence electrons. The Hall–Kier alpha value is -1.06. The highest BCUT2D eigenvalue weighted by atomic mass is 16.4. The van der Waals surface area contributed by atoms with Gasteiger partial charge in [-0.15, -0.1) is 0 Å². The van der Waals surface area contributed by atoms with Crippen LogP contribution in [0.3, 0.4) is 0 Å². The third-order valence-electron chi connectivity index (χ3n) is 3.29. The van der Waals surface area contributed by atoms with Gasteiger partial charge in [-0.05, 0) is 5.92 Å². The minimum Gasteiger partial charge on any atom is -0.465 e. The molecule has 0 heterocycles. The molecule has 1 saturated carbocycles. The Labute approximate surface area is 96.6 Å². The topological polar surface area (TPSA) is 57.6 Å². The van der Waals surface area contributed by atoms with Crippen molar-refractivity contribution in [1.82, 2.24) is 4.90 Å². The van der Waals surface area contributed by atoms with E-state index in [9.17, 15) is 9.59 Å². The number of hydrogen-bond acceptors (Lipinski definition) is 2. The minimum atomic E-state index is -0.967. The molecule has 4 nitrogen and oxygen atoms in total. The summed E-state index contributed by atoms with van der Waals surface area (Å²) in [6, 6.07) is 0. The minimum absolute atomic E-state index is 0.208. The van der Waals surface area contributed by atoms with Crippen molar-refractivity contribution < 1.29 is 14.7 Å². The first kappa shape index (κ1) is 13.0. The number of Topliss-reactive ketones (excluding diaryl/α,β-unsaturated/α-hetero) is 1. The second-order valence-electron chi connectivity index (χ2n) is 4.70. The molecule has 1 aliphatic carbocycles. The fourth-order valence-corrected chi connectivity index (χ4v) is 2.20. The molecular weight excluding hydrogens is 206 g/mol. The number of amides is 1. The third kappa shape index (κ3) is 4.64. The highest BCUT2D eigenvalue weighted by Gasteiger charge is 2.17. The van der Waals surface area contributed by atoms with Crippen LogP contribution in [0, 0.1) is 5.92 Å². The SMILES string of the molecule is CN(CCC(=O)CC1CCCCC1)C(=O)O. The fourth-order valence-electron chi connectivity index (χ4n) is 2.20. The van der Waals surface area contributed by atoms with Gasteiger partial charge in [0.25, 0.3) is 0 Å². The molecule has 1 N–H and O–H groups in total. The molecule has 16 heavy (non-hydrogen) atoms. The summed E-state index contributed by atoms with van der Waals surface area (Å²) in [6.07, 6.45) is 6.16. The van der Waals surface area contributed by atoms with Gasteiger partial charge in [0.1, 0.15) is 5.78 Å². The lowest BCUT2D eigenvalue weighted by Gasteiger charge is -2.21. The van der Waals surface area contributed by atoms with Gasteiger partial charge in [0, 0.05) is 26.4 Å². The van der Waals surface area contributed by atoms with E-state index in [1.165, 1.54) is 44.1 Å². The standard InChI is InChI=1S/C12H21NO3/c1-13(12(15)16)8-7-11(14)9-10-5-3-2-4-6-10/h10H,2-9H2,1H3,(H,15,16). The van der Waals surface area contributed by atoms with Crippen molar-refractivity contribution in [2.24, 2.45) is 5.92 Å². The molecule has 0 aromatic carbocycles. The van der Waals surface area contributed by atoms with E-state index in [1.807, 2.05) is 0 Å². The first-order chi connectivity index (χ1) is 7.59. The maximum atomic E-state index is 11.6. The predicted molar refractivity (Wildman–Crippen MR) is 61.5 cm³/mol. The quantitative estimate of drug-likeness (QED) is 0.785. The molecule has 0 aromatic rings. The Kier molecular flexibility index (Phi) is 5.29. The molecule has 0 aliphatic heterocycles. The molecule has 0 atom stereocenters. The van der Waals surface area contributed by atoms with Crippen LogP contribution in [-0.2, 0) is 4.79 Å². The zero-order valence-electron chi connectivity index (χ0n) is 9.95. The lowest BCUT2D eigenvalue weighted by Crippen LogP contribution is -2.27. The van der Waals surface area contributed by atoms with Crippen LogP contribution >= 0.6 is 0 Å². The van der Waals surface area contributed by atoms with Crippen LogP contribution in [0.2, 0.25) is 0 Å². The number of hydrogen-bond donors (Lipinski definition) is 1. The molecular formula is C12H21NO3. The van der Waals surface area contributed by atoms with E-state index < -0.39 is 6.09 Å².